The maximum atomic E-state index is 13.0. The Morgan fingerprint density at radius 1 is 1.07 bits per heavy atom. The summed E-state index contributed by atoms with van der Waals surface area (Å²) in [5.74, 6) is -0.202. The zero-order valence-electron chi connectivity index (χ0n) is 16.8. The average molecular weight is 416 g/mol. The highest BCUT2D eigenvalue weighted by Gasteiger charge is 2.37. The van der Waals surface area contributed by atoms with Crippen LogP contribution in [0, 0.1) is 0 Å². The van der Waals surface area contributed by atoms with Crippen molar-refractivity contribution in [3.63, 3.8) is 0 Å². The molecule has 1 saturated heterocycles. The van der Waals surface area contributed by atoms with Gasteiger partial charge in [-0.1, -0.05) is 42.8 Å². The van der Waals surface area contributed by atoms with Gasteiger partial charge in [-0.25, -0.2) is 8.42 Å². The number of benzene rings is 2. The molecule has 7 heteroatoms. The smallest absolute Gasteiger partial charge is 0.243 e. The van der Waals surface area contributed by atoms with E-state index in [2.05, 4.69) is 10.2 Å². The maximum Gasteiger partial charge on any atom is 0.243 e. The number of piperidine rings is 1. The fourth-order valence-corrected chi connectivity index (χ4v) is 5.32. The zero-order valence-corrected chi connectivity index (χ0v) is 17.6. The van der Waals surface area contributed by atoms with E-state index in [0.717, 1.165) is 31.5 Å². The average Bonchev–Trinajstić information content (AvgIpc) is 2.77. The Kier molecular flexibility index (Phi) is 7.28. The summed E-state index contributed by atoms with van der Waals surface area (Å²) in [6.07, 6.45) is 2.98. The second-order valence-corrected chi connectivity index (χ2v) is 9.23. The first-order valence-electron chi connectivity index (χ1n) is 10.1. The highest BCUT2D eigenvalue weighted by atomic mass is 32.2. The minimum Gasteiger partial charge on any atom is -0.375 e. The summed E-state index contributed by atoms with van der Waals surface area (Å²) in [6.45, 7) is 1.71. The molecule has 0 aliphatic carbocycles. The lowest BCUT2D eigenvalue weighted by Crippen LogP contribution is -2.52. The van der Waals surface area contributed by atoms with Crippen LogP contribution in [-0.2, 0) is 14.8 Å². The van der Waals surface area contributed by atoms with Crippen LogP contribution in [-0.4, -0.2) is 51.4 Å². The Bertz CT molecular complexity index is 888. The molecule has 1 aliphatic rings. The highest BCUT2D eigenvalue weighted by molar-refractivity contribution is 7.89. The zero-order chi connectivity index (χ0) is 20.7. The molecule has 0 bridgehead atoms. The lowest BCUT2D eigenvalue weighted by molar-refractivity contribution is -0.125. The third-order valence-electron chi connectivity index (χ3n) is 5.27. The number of rotatable bonds is 8. The summed E-state index contributed by atoms with van der Waals surface area (Å²) >= 11 is 0. The Morgan fingerprint density at radius 2 is 1.72 bits per heavy atom. The monoisotopic (exact) mass is 415 g/mol. The van der Waals surface area contributed by atoms with Crippen molar-refractivity contribution >= 4 is 21.6 Å². The Balaban J connectivity index is 1.56. The molecule has 1 aliphatic heterocycles. The van der Waals surface area contributed by atoms with Gasteiger partial charge in [0.05, 0.1) is 4.90 Å². The molecule has 1 atom stereocenters. The number of nitrogens with zero attached hydrogens (tertiary/aromatic N) is 2. The van der Waals surface area contributed by atoms with Crippen LogP contribution in [0.25, 0.3) is 0 Å². The molecular weight excluding hydrogens is 386 g/mol. The van der Waals surface area contributed by atoms with E-state index in [-0.39, 0.29) is 10.8 Å². The molecule has 156 valence electrons. The van der Waals surface area contributed by atoms with E-state index in [1.165, 1.54) is 4.31 Å². The van der Waals surface area contributed by atoms with E-state index in [1.807, 2.05) is 37.4 Å². The van der Waals surface area contributed by atoms with Crippen LogP contribution < -0.4 is 10.2 Å². The standard InChI is InChI=1S/C22H29N3O3S/c1-24(19-11-4-2-5-12-19)17-10-16-23-22(26)21-15-8-9-18-25(21)29(27,28)20-13-6-3-7-14-20/h2-7,11-14,21H,8-10,15-18H2,1H3,(H,23,26). The molecule has 1 fully saturated rings. The first-order valence-corrected chi connectivity index (χ1v) is 11.5. The quantitative estimate of drug-likeness (QED) is 0.673. The Hall–Kier alpha value is -2.38. The summed E-state index contributed by atoms with van der Waals surface area (Å²) in [5.41, 5.74) is 1.13. The largest absolute Gasteiger partial charge is 0.375 e. The molecule has 1 N–H and O–H groups in total. The number of carbonyl (C=O) groups is 1. The predicted octanol–water partition coefficient (Wildman–Crippen LogP) is 2.87. The molecule has 3 rings (SSSR count). The van der Waals surface area contributed by atoms with Crippen molar-refractivity contribution < 1.29 is 13.2 Å². The van der Waals surface area contributed by atoms with E-state index in [4.69, 9.17) is 0 Å². The van der Waals surface area contributed by atoms with Crippen LogP contribution in [0.1, 0.15) is 25.7 Å². The summed E-state index contributed by atoms with van der Waals surface area (Å²) < 4.78 is 27.4. The fraction of sp³-hybridized carbons (Fsp3) is 0.409. The number of amides is 1. The highest BCUT2D eigenvalue weighted by Crippen LogP contribution is 2.25. The molecule has 6 nitrogen and oxygen atoms in total. The number of anilines is 1. The van der Waals surface area contributed by atoms with E-state index in [9.17, 15) is 13.2 Å². The number of para-hydroxylation sites is 1. The van der Waals surface area contributed by atoms with Crippen molar-refractivity contribution in [2.45, 2.75) is 36.6 Å². The fourth-order valence-electron chi connectivity index (χ4n) is 3.64. The lowest BCUT2D eigenvalue weighted by Gasteiger charge is -2.33. The molecule has 1 unspecified atom stereocenters. The molecular formula is C22H29N3O3S. The van der Waals surface area contributed by atoms with Gasteiger partial charge in [-0.15, -0.1) is 0 Å². The summed E-state index contributed by atoms with van der Waals surface area (Å²) in [4.78, 5) is 15.1. The van der Waals surface area contributed by atoms with E-state index in [0.29, 0.717) is 19.5 Å². The van der Waals surface area contributed by atoms with Crippen molar-refractivity contribution in [3.05, 3.63) is 60.7 Å². The van der Waals surface area contributed by atoms with Gasteiger partial charge < -0.3 is 10.2 Å². The van der Waals surface area contributed by atoms with Crippen LogP contribution in [0.4, 0.5) is 5.69 Å². The molecule has 1 heterocycles. The number of carbonyl (C=O) groups excluding carboxylic acids is 1. The maximum absolute atomic E-state index is 13.0. The number of sulfonamides is 1. The van der Waals surface area contributed by atoms with Gasteiger partial charge in [0.25, 0.3) is 0 Å². The number of hydrogen-bond acceptors (Lipinski definition) is 4. The van der Waals surface area contributed by atoms with Crippen LogP contribution in [0.3, 0.4) is 0 Å². The minimum atomic E-state index is -3.67. The molecule has 1 amide bonds. The molecule has 0 aromatic heterocycles. The van der Waals surface area contributed by atoms with Crippen molar-refractivity contribution in [2.24, 2.45) is 0 Å². The Labute approximate surface area is 173 Å². The van der Waals surface area contributed by atoms with Gasteiger partial charge in [0.1, 0.15) is 6.04 Å². The van der Waals surface area contributed by atoms with E-state index < -0.39 is 16.1 Å². The third kappa shape index (κ3) is 5.36. The first kappa shape index (κ1) is 21.3. The first-order chi connectivity index (χ1) is 14.0. The predicted molar refractivity (Wildman–Crippen MR) is 115 cm³/mol. The number of nitrogens with one attached hydrogen (secondary N) is 1. The topological polar surface area (TPSA) is 69.7 Å². The van der Waals surface area contributed by atoms with Crippen molar-refractivity contribution in [1.29, 1.82) is 0 Å². The van der Waals surface area contributed by atoms with Gasteiger partial charge in [-0.3, -0.25) is 4.79 Å². The minimum absolute atomic E-state index is 0.202. The van der Waals surface area contributed by atoms with Crippen LogP contribution in [0.15, 0.2) is 65.6 Å². The van der Waals surface area contributed by atoms with Crippen LogP contribution in [0.2, 0.25) is 0 Å². The lowest BCUT2D eigenvalue weighted by atomic mass is 10.0. The van der Waals surface area contributed by atoms with Crippen molar-refractivity contribution in [1.82, 2.24) is 9.62 Å². The summed E-state index contributed by atoms with van der Waals surface area (Å²) in [7, 11) is -1.65. The normalized spacial score (nSPS) is 17.6. The third-order valence-corrected chi connectivity index (χ3v) is 7.20. The number of hydrogen-bond donors (Lipinski definition) is 1. The van der Waals surface area contributed by atoms with Crippen LogP contribution in [0.5, 0.6) is 0 Å². The molecule has 0 saturated carbocycles. The summed E-state index contributed by atoms with van der Waals surface area (Å²) in [6, 6.07) is 17.8. The second kappa shape index (κ2) is 9.89. The summed E-state index contributed by atoms with van der Waals surface area (Å²) in [5, 5.41) is 2.94. The molecule has 0 radical (unpaired) electrons. The molecule has 2 aromatic carbocycles. The SMILES string of the molecule is CN(CCCNC(=O)C1CCCCN1S(=O)(=O)c1ccccc1)c1ccccc1. The van der Waals surface area contributed by atoms with Gasteiger partial charge >= 0.3 is 0 Å². The van der Waals surface area contributed by atoms with E-state index >= 15 is 0 Å². The van der Waals surface area contributed by atoms with Crippen LogP contribution >= 0.6 is 0 Å². The van der Waals surface area contributed by atoms with E-state index in [1.54, 1.807) is 30.3 Å². The van der Waals surface area contributed by atoms with Gasteiger partial charge in [0, 0.05) is 32.4 Å². The Morgan fingerprint density at radius 3 is 2.41 bits per heavy atom. The van der Waals surface area contributed by atoms with Gasteiger partial charge in [-0.2, -0.15) is 4.31 Å². The van der Waals surface area contributed by atoms with Crippen molar-refractivity contribution in [3.8, 4) is 0 Å². The molecule has 29 heavy (non-hydrogen) atoms. The molecule has 2 aromatic rings. The van der Waals surface area contributed by atoms with Gasteiger partial charge in [0.2, 0.25) is 15.9 Å². The second-order valence-electron chi connectivity index (χ2n) is 7.34. The van der Waals surface area contributed by atoms with Gasteiger partial charge in [0.15, 0.2) is 0 Å². The van der Waals surface area contributed by atoms with Gasteiger partial charge in [-0.05, 0) is 43.5 Å². The van der Waals surface area contributed by atoms with Crippen molar-refractivity contribution in [2.75, 3.05) is 31.6 Å². The molecule has 0 spiro atoms.